The minimum absolute atomic E-state index is 0.130. The Kier molecular flexibility index (Phi) is 4.79. The van der Waals surface area contributed by atoms with E-state index in [2.05, 4.69) is 25.2 Å². The quantitative estimate of drug-likeness (QED) is 0.763. The van der Waals surface area contributed by atoms with Gasteiger partial charge in [0.2, 0.25) is 5.91 Å². The standard InChI is InChI=1S/C16H22N2O2/c1-3-12-13-7-4-5-8-14(13)20-16(12)11(2)18-10-6-9-15(17)19/h4-5,7-8,11,18H,3,6,9-10H2,1-2H3,(H2,17,19). The van der Waals surface area contributed by atoms with E-state index in [0.717, 1.165) is 30.7 Å². The Morgan fingerprint density at radius 3 is 2.85 bits per heavy atom. The topological polar surface area (TPSA) is 68.3 Å². The van der Waals surface area contributed by atoms with Gasteiger partial charge in [-0.15, -0.1) is 0 Å². The normalized spacial score (nSPS) is 12.7. The van der Waals surface area contributed by atoms with Gasteiger partial charge in [0.15, 0.2) is 0 Å². The summed E-state index contributed by atoms with van der Waals surface area (Å²) in [4.78, 5) is 10.7. The van der Waals surface area contributed by atoms with Crippen LogP contribution in [0.5, 0.6) is 0 Å². The third kappa shape index (κ3) is 3.20. The predicted molar refractivity (Wildman–Crippen MR) is 80.4 cm³/mol. The average molecular weight is 274 g/mol. The van der Waals surface area contributed by atoms with Crippen LogP contribution in [0.2, 0.25) is 0 Å². The number of aryl methyl sites for hydroxylation is 1. The highest BCUT2D eigenvalue weighted by atomic mass is 16.3. The number of primary amides is 1. The smallest absolute Gasteiger partial charge is 0.217 e. The minimum Gasteiger partial charge on any atom is -0.459 e. The Morgan fingerprint density at radius 1 is 1.40 bits per heavy atom. The lowest BCUT2D eigenvalue weighted by molar-refractivity contribution is -0.118. The van der Waals surface area contributed by atoms with Gasteiger partial charge in [0.25, 0.3) is 0 Å². The van der Waals surface area contributed by atoms with Gasteiger partial charge in [0.1, 0.15) is 11.3 Å². The van der Waals surface area contributed by atoms with Crippen LogP contribution in [0.25, 0.3) is 11.0 Å². The Morgan fingerprint density at radius 2 is 2.15 bits per heavy atom. The predicted octanol–water partition coefficient (Wildman–Crippen LogP) is 2.91. The Labute approximate surface area is 119 Å². The van der Waals surface area contributed by atoms with Crippen molar-refractivity contribution in [2.45, 2.75) is 39.2 Å². The van der Waals surface area contributed by atoms with E-state index in [1.807, 2.05) is 18.2 Å². The summed E-state index contributed by atoms with van der Waals surface area (Å²) in [7, 11) is 0. The number of furan rings is 1. The van der Waals surface area contributed by atoms with Crippen LogP contribution in [-0.4, -0.2) is 12.5 Å². The SMILES string of the molecule is CCc1c(C(C)NCCCC(N)=O)oc2ccccc12. The summed E-state index contributed by atoms with van der Waals surface area (Å²) in [5.74, 6) is 0.741. The van der Waals surface area contributed by atoms with Crippen LogP contribution in [-0.2, 0) is 11.2 Å². The molecule has 1 amide bonds. The molecule has 1 heterocycles. The molecule has 0 saturated carbocycles. The highest BCUT2D eigenvalue weighted by Gasteiger charge is 2.17. The summed E-state index contributed by atoms with van der Waals surface area (Å²) >= 11 is 0. The lowest BCUT2D eigenvalue weighted by atomic mass is 10.0. The van der Waals surface area contributed by atoms with E-state index in [1.165, 1.54) is 10.9 Å². The largest absolute Gasteiger partial charge is 0.459 e. The van der Waals surface area contributed by atoms with E-state index in [0.29, 0.717) is 6.42 Å². The molecule has 1 aromatic carbocycles. The first-order chi connectivity index (χ1) is 9.63. The van der Waals surface area contributed by atoms with Crippen molar-refractivity contribution in [1.82, 2.24) is 5.32 Å². The van der Waals surface area contributed by atoms with Crippen LogP contribution < -0.4 is 11.1 Å². The summed E-state index contributed by atoms with van der Waals surface area (Å²) < 4.78 is 5.98. The van der Waals surface area contributed by atoms with Crippen molar-refractivity contribution in [2.75, 3.05) is 6.54 Å². The number of carbonyl (C=O) groups excluding carboxylic acids is 1. The fourth-order valence-electron chi connectivity index (χ4n) is 2.51. The number of nitrogens with two attached hydrogens (primary N) is 1. The fourth-order valence-corrected chi connectivity index (χ4v) is 2.51. The van der Waals surface area contributed by atoms with Gasteiger partial charge >= 0.3 is 0 Å². The number of para-hydroxylation sites is 1. The lowest BCUT2D eigenvalue weighted by Crippen LogP contribution is -2.22. The number of benzene rings is 1. The fraction of sp³-hybridized carbons (Fsp3) is 0.438. The summed E-state index contributed by atoms with van der Waals surface area (Å²) in [6.45, 7) is 4.98. The number of fused-ring (bicyclic) bond motifs is 1. The van der Waals surface area contributed by atoms with Gasteiger partial charge in [-0.05, 0) is 32.4 Å². The Hall–Kier alpha value is -1.81. The zero-order valence-corrected chi connectivity index (χ0v) is 12.1. The second kappa shape index (κ2) is 6.57. The summed E-state index contributed by atoms with van der Waals surface area (Å²) in [6.07, 6.45) is 2.11. The number of carbonyl (C=O) groups is 1. The minimum atomic E-state index is -0.252. The van der Waals surface area contributed by atoms with Crippen LogP contribution in [0.15, 0.2) is 28.7 Å². The molecule has 0 saturated heterocycles. The van der Waals surface area contributed by atoms with Gasteiger partial charge < -0.3 is 15.5 Å². The Balaban J connectivity index is 2.09. The lowest BCUT2D eigenvalue weighted by Gasteiger charge is -2.12. The van der Waals surface area contributed by atoms with E-state index < -0.39 is 0 Å². The maximum absolute atomic E-state index is 10.7. The van der Waals surface area contributed by atoms with Gasteiger partial charge in [-0.1, -0.05) is 25.1 Å². The van der Waals surface area contributed by atoms with Gasteiger partial charge in [-0.25, -0.2) is 0 Å². The monoisotopic (exact) mass is 274 g/mol. The number of rotatable bonds is 7. The van der Waals surface area contributed by atoms with Crippen molar-refractivity contribution >= 4 is 16.9 Å². The van der Waals surface area contributed by atoms with E-state index >= 15 is 0 Å². The summed E-state index contributed by atoms with van der Waals surface area (Å²) in [6, 6.07) is 8.25. The number of hydrogen-bond donors (Lipinski definition) is 2. The molecule has 2 rings (SSSR count). The zero-order valence-electron chi connectivity index (χ0n) is 12.1. The Bertz CT molecular complexity index is 589. The van der Waals surface area contributed by atoms with Crippen molar-refractivity contribution in [3.8, 4) is 0 Å². The van der Waals surface area contributed by atoms with Crippen molar-refractivity contribution in [3.63, 3.8) is 0 Å². The first kappa shape index (κ1) is 14.6. The van der Waals surface area contributed by atoms with Crippen molar-refractivity contribution in [1.29, 1.82) is 0 Å². The van der Waals surface area contributed by atoms with E-state index in [1.54, 1.807) is 0 Å². The molecule has 0 spiro atoms. The van der Waals surface area contributed by atoms with Crippen molar-refractivity contribution < 1.29 is 9.21 Å². The molecule has 3 N–H and O–H groups in total. The third-order valence-electron chi connectivity index (χ3n) is 3.53. The maximum atomic E-state index is 10.7. The molecule has 20 heavy (non-hydrogen) atoms. The molecule has 0 aliphatic carbocycles. The molecule has 108 valence electrons. The first-order valence-corrected chi connectivity index (χ1v) is 7.15. The number of hydrogen-bond acceptors (Lipinski definition) is 3. The van der Waals surface area contributed by atoms with Crippen LogP contribution in [0, 0.1) is 0 Å². The second-order valence-electron chi connectivity index (χ2n) is 5.04. The van der Waals surface area contributed by atoms with Gasteiger partial charge in [0, 0.05) is 17.4 Å². The molecule has 0 bridgehead atoms. The molecule has 4 nitrogen and oxygen atoms in total. The van der Waals surface area contributed by atoms with E-state index in [-0.39, 0.29) is 11.9 Å². The molecular weight excluding hydrogens is 252 g/mol. The molecule has 1 atom stereocenters. The van der Waals surface area contributed by atoms with E-state index in [4.69, 9.17) is 10.2 Å². The number of amides is 1. The highest BCUT2D eigenvalue weighted by molar-refractivity contribution is 5.82. The van der Waals surface area contributed by atoms with Crippen LogP contribution in [0.3, 0.4) is 0 Å². The van der Waals surface area contributed by atoms with Crippen molar-refractivity contribution in [2.24, 2.45) is 5.73 Å². The van der Waals surface area contributed by atoms with Gasteiger partial charge in [-0.2, -0.15) is 0 Å². The van der Waals surface area contributed by atoms with Crippen molar-refractivity contribution in [3.05, 3.63) is 35.6 Å². The second-order valence-corrected chi connectivity index (χ2v) is 5.04. The van der Waals surface area contributed by atoms with Crippen LogP contribution in [0.4, 0.5) is 0 Å². The molecule has 0 fully saturated rings. The van der Waals surface area contributed by atoms with Gasteiger partial charge in [0.05, 0.1) is 6.04 Å². The molecule has 2 aromatic rings. The highest BCUT2D eigenvalue weighted by Crippen LogP contribution is 2.30. The third-order valence-corrected chi connectivity index (χ3v) is 3.53. The molecule has 0 aliphatic rings. The average Bonchev–Trinajstić information content (AvgIpc) is 2.81. The zero-order chi connectivity index (χ0) is 14.5. The molecule has 0 aliphatic heterocycles. The first-order valence-electron chi connectivity index (χ1n) is 7.15. The van der Waals surface area contributed by atoms with Crippen LogP contribution in [0.1, 0.15) is 44.1 Å². The van der Waals surface area contributed by atoms with E-state index in [9.17, 15) is 4.79 Å². The maximum Gasteiger partial charge on any atom is 0.217 e. The molecule has 4 heteroatoms. The van der Waals surface area contributed by atoms with Crippen LogP contribution >= 0.6 is 0 Å². The molecule has 1 aromatic heterocycles. The molecular formula is C16H22N2O2. The molecule has 0 radical (unpaired) electrons. The summed E-state index contributed by atoms with van der Waals surface area (Å²) in [5.41, 5.74) is 7.33. The number of nitrogens with one attached hydrogen (secondary N) is 1. The molecule has 1 unspecified atom stereocenters. The van der Waals surface area contributed by atoms with Gasteiger partial charge in [-0.3, -0.25) is 4.79 Å². The summed E-state index contributed by atoms with van der Waals surface area (Å²) in [5, 5.41) is 4.58.